The number of benzene rings is 2. The largest absolute Gasteiger partial charge is 0.445 e. The van der Waals surface area contributed by atoms with Gasteiger partial charge in [0.05, 0.1) is 36.4 Å². The smallest absolute Gasteiger partial charge is 0.275 e. The highest BCUT2D eigenvalue weighted by Crippen LogP contribution is 2.49. The van der Waals surface area contributed by atoms with Crippen LogP contribution in [-0.4, -0.2) is 56.3 Å². The molecule has 2 fully saturated rings. The Labute approximate surface area is 248 Å². The lowest BCUT2D eigenvalue weighted by Gasteiger charge is -2.33. The number of nitrogens with zero attached hydrogens (tertiary/aromatic N) is 5. The molecule has 11 heteroatoms. The Kier molecular flexibility index (Phi) is 6.92. The van der Waals surface area contributed by atoms with E-state index < -0.39 is 5.79 Å². The van der Waals surface area contributed by atoms with E-state index in [1.165, 1.54) is 5.56 Å². The molecule has 0 bridgehead atoms. The zero-order valence-corrected chi connectivity index (χ0v) is 24.1. The average Bonchev–Trinajstić information content (AvgIpc) is 3.51. The quantitative estimate of drug-likeness (QED) is 0.134. The van der Waals surface area contributed by atoms with Crippen molar-refractivity contribution in [2.45, 2.75) is 57.1 Å². The number of imidazole rings is 1. The lowest BCUT2D eigenvalue weighted by molar-refractivity contribution is -0.0685. The van der Waals surface area contributed by atoms with Crippen molar-refractivity contribution in [2.75, 3.05) is 19.7 Å². The maximum absolute atomic E-state index is 9.09. The number of pyridine rings is 1. The molecule has 2 atom stereocenters. The van der Waals surface area contributed by atoms with Crippen molar-refractivity contribution >= 4 is 28.5 Å². The van der Waals surface area contributed by atoms with Gasteiger partial charge in [-0.05, 0) is 74.7 Å². The summed E-state index contributed by atoms with van der Waals surface area (Å²) in [6.07, 6.45) is 4.96. The van der Waals surface area contributed by atoms with Crippen molar-refractivity contribution in [2.24, 2.45) is 10.9 Å². The molecule has 2 aromatic carbocycles. The Hall–Kier alpha value is -3.86. The van der Waals surface area contributed by atoms with Gasteiger partial charge in [-0.25, -0.2) is 4.98 Å². The van der Waals surface area contributed by atoms with Gasteiger partial charge in [0.2, 0.25) is 0 Å². The highest BCUT2D eigenvalue weighted by Gasteiger charge is 2.41. The van der Waals surface area contributed by atoms with E-state index in [9.17, 15) is 0 Å². The molecule has 0 spiro atoms. The molecule has 218 valence electrons. The third-order valence-corrected chi connectivity index (χ3v) is 8.89. The van der Waals surface area contributed by atoms with E-state index in [1.807, 2.05) is 37.3 Å². The monoisotopic (exact) mass is 588 g/mol. The number of para-hydroxylation sites is 1. The van der Waals surface area contributed by atoms with Gasteiger partial charge in [0, 0.05) is 29.7 Å². The van der Waals surface area contributed by atoms with Crippen LogP contribution in [0.15, 0.2) is 59.9 Å². The van der Waals surface area contributed by atoms with Crippen LogP contribution in [0.3, 0.4) is 0 Å². The Bertz CT molecular complexity index is 1650. The SMILES string of the molecule is CC1(c2ccc(Cl)cc2)Oc2cccc(C3CCN(Cc4nc5cc(/C(N)=N/O)ncc5n4C[C@@H]4CCO4)CC3)c2O1. The molecule has 42 heavy (non-hydrogen) atoms. The third kappa shape index (κ3) is 4.93. The molecule has 10 nitrogen and oxygen atoms in total. The summed E-state index contributed by atoms with van der Waals surface area (Å²) in [7, 11) is 0. The Morgan fingerprint density at radius 2 is 1.93 bits per heavy atom. The second kappa shape index (κ2) is 10.8. The molecule has 3 N–H and O–H groups in total. The minimum absolute atomic E-state index is 0.0346. The van der Waals surface area contributed by atoms with Crippen LogP contribution in [-0.2, 0) is 23.6 Å². The molecule has 3 aliphatic rings. The lowest BCUT2D eigenvalue weighted by Crippen LogP contribution is -2.35. The maximum atomic E-state index is 9.09. The summed E-state index contributed by atoms with van der Waals surface area (Å²) < 4.78 is 20.8. The first-order valence-electron chi connectivity index (χ1n) is 14.3. The van der Waals surface area contributed by atoms with Crippen LogP contribution < -0.4 is 15.2 Å². The van der Waals surface area contributed by atoms with Gasteiger partial charge in [0.1, 0.15) is 11.5 Å². The molecular weight excluding hydrogens is 556 g/mol. The second-order valence-corrected chi connectivity index (χ2v) is 11.8. The zero-order valence-electron chi connectivity index (χ0n) is 23.4. The second-order valence-electron chi connectivity index (χ2n) is 11.3. The van der Waals surface area contributed by atoms with Crippen LogP contribution in [0.2, 0.25) is 5.02 Å². The van der Waals surface area contributed by atoms with Gasteiger partial charge in [-0.3, -0.25) is 9.88 Å². The van der Waals surface area contributed by atoms with Crippen molar-refractivity contribution in [3.63, 3.8) is 0 Å². The van der Waals surface area contributed by atoms with E-state index in [-0.39, 0.29) is 11.9 Å². The predicted octanol–water partition coefficient (Wildman–Crippen LogP) is 4.99. The zero-order chi connectivity index (χ0) is 28.8. The van der Waals surface area contributed by atoms with Gasteiger partial charge in [0.15, 0.2) is 17.3 Å². The van der Waals surface area contributed by atoms with Gasteiger partial charge in [-0.15, -0.1) is 0 Å². The van der Waals surface area contributed by atoms with Crippen LogP contribution in [0.4, 0.5) is 0 Å². The van der Waals surface area contributed by atoms with Gasteiger partial charge in [-0.1, -0.05) is 28.9 Å². The number of oxime groups is 1. The first-order chi connectivity index (χ1) is 20.4. The number of amidine groups is 1. The first kappa shape index (κ1) is 27.0. The van der Waals surface area contributed by atoms with Crippen molar-refractivity contribution in [3.05, 3.63) is 82.4 Å². The third-order valence-electron chi connectivity index (χ3n) is 8.64. The fourth-order valence-electron chi connectivity index (χ4n) is 6.16. The van der Waals surface area contributed by atoms with Crippen LogP contribution in [0.5, 0.6) is 11.5 Å². The number of halogens is 1. The summed E-state index contributed by atoms with van der Waals surface area (Å²) in [5.41, 5.74) is 10.0. The molecule has 0 radical (unpaired) electrons. The Morgan fingerprint density at radius 1 is 1.14 bits per heavy atom. The molecule has 2 saturated heterocycles. The molecule has 1 unspecified atom stereocenters. The van der Waals surface area contributed by atoms with Crippen molar-refractivity contribution in [3.8, 4) is 11.5 Å². The topological polar surface area (TPSA) is 120 Å². The number of hydrogen-bond acceptors (Lipinski definition) is 8. The summed E-state index contributed by atoms with van der Waals surface area (Å²) in [4.78, 5) is 11.8. The van der Waals surface area contributed by atoms with Gasteiger partial charge < -0.3 is 29.7 Å². The normalized spacial score (nSPS) is 22.9. The number of likely N-dealkylation sites (tertiary alicyclic amines) is 1. The number of nitrogens with two attached hydrogens (primary N) is 1. The molecule has 0 amide bonds. The standard InChI is InChI=1S/C31H33ClN6O4/c1-31(20-5-7-21(32)8-6-20)41-27-4-2-3-23(29(27)42-31)19-9-12-37(13-10-19)18-28-35-24-15-25(30(33)36-39)34-16-26(24)38(28)17-22-11-14-40-22/h2-8,15-16,19,22,39H,9-14,17-18H2,1H3,(H2,33,36)/t22-,31?/m0/s1. The Balaban J connectivity index is 1.07. The van der Waals surface area contributed by atoms with E-state index in [1.54, 1.807) is 12.3 Å². The molecule has 3 aliphatic heterocycles. The van der Waals surface area contributed by atoms with Crippen molar-refractivity contribution in [1.29, 1.82) is 0 Å². The number of fused-ring (bicyclic) bond motifs is 2. The number of ether oxygens (including phenoxy) is 3. The summed E-state index contributed by atoms with van der Waals surface area (Å²) in [6, 6.07) is 15.6. The van der Waals surface area contributed by atoms with E-state index in [2.05, 4.69) is 31.7 Å². The van der Waals surface area contributed by atoms with Crippen LogP contribution in [0, 0.1) is 0 Å². The average molecular weight is 589 g/mol. The van der Waals surface area contributed by atoms with E-state index in [4.69, 9.17) is 41.7 Å². The van der Waals surface area contributed by atoms with Gasteiger partial charge >= 0.3 is 0 Å². The summed E-state index contributed by atoms with van der Waals surface area (Å²) in [5.74, 6) is 2.02. The molecule has 0 saturated carbocycles. The first-order valence-corrected chi connectivity index (χ1v) is 14.7. The highest BCUT2D eigenvalue weighted by atomic mass is 35.5. The molecule has 2 aromatic heterocycles. The lowest BCUT2D eigenvalue weighted by atomic mass is 9.88. The fraction of sp³-hybridized carbons (Fsp3) is 0.387. The number of rotatable bonds is 7. The minimum atomic E-state index is -0.893. The van der Waals surface area contributed by atoms with Crippen LogP contribution in [0.1, 0.15) is 54.7 Å². The number of piperidine rings is 1. The minimum Gasteiger partial charge on any atom is -0.445 e. The van der Waals surface area contributed by atoms with Gasteiger partial charge in [-0.2, -0.15) is 0 Å². The van der Waals surface area contributed by atoms with Crippen LogP contribution in [0.25, 0.3) is 11.0 Å². The van der Waals surface area contributed by atoms with Crippen molar-refractivity contribution in [1.82, 2.24) is 19.4 Å². The van der Waals surface area contributed by atoms with Crippen LogP contribution >= 0.6 is 11.6 Å². The molecule has 4 aromatic rings. The summed E-state index contributed by atoms with van der Waals surface area (Å²) in [5, 5.41) is 12.9. The number of aromatic nitrogens is 3. The highest BCUT2D eigenvalue weighted by molar-refractivity contribution is 6.30. The molecule has 7 rings (SSSR count). The predicted molar refractivity (Wildman–Crippen MR) is 158 cm³/mol. The number of hydrogen-bond donors (Lipinski definition) is 2. The van der Waals surface area contributed by atoms with E-state index in [0.29, 0.717) is 23.2 Å². The fourth-order valence-corrected chi connectivity index (χ4v) is 6.29. The molecule has 5 heterocycles. The Morgan fingerprint density at radius 3 is 2.64 bits per heavy atom. The van der Waals surface area contributed by atoms with Gasteiger partial charge in [0.25, 0.3) is 5.79 Å². The molecular formula is C31H33ClN6O4. The van der Waals surface area contributed by atoms with Crippen molar-refractivity contribution < 1.29 is 19.4 Å². The van der Waals surface area contributed by atoms with E-state index in [0.717, 1.165) is 79.4 Å². The van der Waals surface area contributed by atoms with E-state index >= 15 is 0 Å². The maximum Gasteiger partial charge on any atom is 0.275 e. The summed E-state index contributed by atoms with van der Waals surface area (Å²) in [6.45, 7) is 6.05. The molecule has 0 aliphatic carbocycles. The summed E-state index contributed by atoms with van der Waals surface area (Å²) >= 11 is 6.11.